The minimum atomic E-state index is -0.178. The van der Waals surface area contributed by atoms with Crippen molar-refractivity contribution < 1.29 is 4.39 Å². The van der Waals surface area contributed by atoms with E-state index in [2.05, 4.69) is 21.2 Å². The predicted molar refractivity (Wildman–Crippen MR) is 78.7 cm³/mol. The number of hydrogen-bond acceptors (Lipinski definition) is 2. The highest BCUT2D eigenvalue weighted by atomic mass is 79.9. The van der Waals surface area contributed by atoms with E-state index in [-0.39, 0.29) is 11.9 Å². The largest absolute Gasteiger partial charge is 0.305 e. The molecule has 96 valence electrons. The Morgan fingerprint density at radius 2 is 2.17 bits per heavy atom. The molecule has 0 saturated carbocycles. The third-order valence-corrected chi connectivity index (χ3v) is 5.13. The van der Waals surface area contributed by atoms with Crippen molar-refractivity contribution in [3.63, 3.8) is 0 Å². The normalized spacial score (nSPS) is 12.7. The van der Waals surface area contributed by atoms with Gasteiger partial charge in [-0.2, -0.15) is 0 Å². The van der Waals surface area contributed by atoms with Gasteiger partial charge < -0.3 is 5.32 Å². The summed E-state index contributed by atoms with van der Waals surface area (Å²) in [6.07, 6.45) is 0. The number of halogens is 3. The van der Waals surface area contributed by atoms with Crippen molar-refractivity contribution in [2.45, 2.75) is 19.5 Å². The van der Waals surface area contributed by atoms with Crippen molar-refractivity contribution in [3.05, 3.63) is 55.4 Å². The van der Waals surface area contributed by atoms with Crippen molar-refractivity contribution in [1.82, 2.24) is 5.32 Å². The molecule has 18 heavy (non-hydrogen) atoms. The SMILES string of the molecule is C[C@@H](NCc1cc(Br)c(Cl)s1)c1ccccc1F. The molecule has 0 aliphatic rings. The molecule has 0 bridgehead atoms. The van der Waals surface area contributed by atoms with Gasteiger partial charge >= 0.3 is 0 Å². The lowest BCUT2D eigenvalue weighted by atomic mass is 10.1. The van der Waals surface area contributed by atoms with Crippen LogP contribution in [-0.2, 0) is 6.54 Å². The third-order valence-electron chi connectivity index (χ3n) is 2.65. The van der Waals surface area contributed by atoms with E-state index in [0.717, 1.165) is 13.7 Å². The highest BCUT2D eigenvalue weighted by molar-refractivity contribution is 9.10. The molecule has 0 spiro atoms. The molecule has 5 heteroatoms. The monoisotopic (exact) mass is 347 g/mol. The van der Waals surface area contributed by atoms with Crippen LogP contribution in [0.1, 0.15) is 23.4 Å². The Labute approximate surface area is 123 Å². The summed E-state index contributed by atoms with van der Waals surface area (Å²) in [5, 5.41) is 3.29. The Morgan fingerprint density at radius 3 is 2.78 bits per heavy atom. The lowest BCUT2D eigenvalue weighted by Gasteiger charge is -2.14. The van der Waals surface area contributed by atoms with Gasteiger partial charge in [0.25, 0.3) is 0 Å². The summed E-state index contributed by atoms with van der Waals surface area (Å²) in [6, 6.07) is 8.76. The van der Waals surface area contributed by atoms with Crippen molar-refractivity contribution in [3.8, 4) is 0 Å². The second kappa shape index (κ2) is 6.15. The van der Waals surface area contributed by atoms with E-state index < -0.39 is 0 Å². The van der Waals surface area contributed by atoms with Gasteiger partial charge in [0.1, 0.15) is 10.2 Å². The second-order valence-electron chi connectivity index (χ2n) is 3.96. The number of nitrogens with one attached hydrogen (secondary N) is 1. The highest BCUT2D eigenvalue weighted by Gasteiger charge is 2.11. The maximum absolute atomic E-state index is 13.6. The average Bonchev–Trinajstić information content (AvgIpc) is 2.66. The van der Waals surface area contributed by atoms with Gasteiger partial charge in [-0.05, 0) is 35.0 Å². The number of rotatable bonds is 4. The fraction of sp³-hybridized carbons (Fsp3) is 0.231. The van der Waals surface area contributed by atoms with E-state index in [1.807, 2.05) is 19.1 Å². The van der Waals surface area contributed by atoms with Crippen molar-refractivity contribution >= 4 is 38.9 Å². The summed E-state index contributed by atoms with van der Waals surface area (Å²) < 4.78 is 15.2. The van der Waals surface area contributed by atoms with Crippen molar-refractivity contribution in [2.24, 2.45) is 0 Å². The summed E-state index contributed by atoms with van der Waals surface area (Å²) >= 11 is 10.9. The molecule has 1 N–H and O–H groups in total. The van der Waals surface area contributed by atoms with Gasteiger partial charge in [0.15, 0.2) is 0 Å². The van der Waals surface area contributed by atoms with Crippen LogP contribution in [-0.4, -0.2) is 0 Å². The first-order valence-corrected chi connectivity index (χ1v) is 7.48. The molecular weight excluding hydrogens is 337 g/mol. The van der Waals surface area contributed by atoms with E-state index in [0.29, 0.717) is 12.1 Å². The first-order chi connectivity index (χ1) is 8.58. The molecule has 1 aromatic carbocycles. The van der Waals surface area contributed by atoms with Crippen LogP contribution < -0.4 is 5.32 Å². The zero-order chi connectivity index (χ0) is 13.1. The molecule has 1 heterocycles. The molecule has 2 aromatic rings. The van der Waals surface area contributed by atoms with Crippen LogP contribution in [0.15, 0.2) is 34.8 Å². The average molecular weight is 349 g/mol. The van der Waals surface area contributed by atoms with Crippen LogP contribution in [0.3, 0.4) is 0 Å². The van der Waals surface area contributed by atoms with Gasteiger partial charge in [0, 0.05) is 27.5 Å². The number of hydrogen-bond donors (Lipinski definition) is 1. The van der Waals surface area contributed by atoms with Crippen LogP contribution in [0.4, 0.5) is 4.39 Å². The Hall–Kier alpha value is -0.420. The maximum atomic E-state index is 13.6. The van der Waals surface area contributed by atoms with E-state index in [1.54, 1.807) is 12.1 Å². The van der Waals surface area contributed by atoms with Gasteiger partial charge in [-0.1, -0.05) is 29.8 Å². The van der Waals surface area contributed by atoms with E-state index in [9.17, 15) is 4.39 Å². The summed E-state index contributed by atoms with van der Waals surface area (Å²) in [4.78, 5) is 1.12. The van der Waals surface area contributed by atoms with Gasteiger partial charge in [0.05, 0.1) is 0 Å². The predicted octanol–water partition coefficient (Wildman–Crippen LogP) is 5.15. The van der Waals surface area contributed by atoms with Gasteiger partial charge in [-0.3, -0.25) is 0 Å². The van der Waals surface area contributed by atoms with Gasteiger partial charge in [-0.15, -0.1) is 11.3 Å². The topological polar surface area (TPSA) is 12.0 Å². The maximum Gasteiger partial charge on any atom is 0.127 e. The Morgan fingerprint density at radius 1 is 1.44 bits per heavy atom. The smallest absolute Gasteiger partial charge is 0.127 e. The quantitative estimate of drug-likeness (QED) is 0.805. The minimum Gasteiger partial charge on any atom is -0.305 e. The summed E-state index contributed by atoms with van der Waals surface area (Å²) in [7, 11) is 0. The molecule has 1 nitrogen and oxygen atoms in total. The lowest BCUT2D eigenvalue weighted by molar-refractivity contribution is 0.530. The fourth-order valence-electron chi connectivity index (χ4n) is 1.67. The molecule has 1 aromatic heterocycles. The molecule has 0 saturated heterocycles. The molecule has 0 aliphatic carbocycles. The first-order valence-electron chi connectivity index (χ1n) is 5.49. The second-order valence-corrected chi connectivity index (χ2v) is 6.55. The molecule has 0 aliphatic heterocycles. The van der Waals surface area contributed by atoms with Crippen LogP contribution in [0.25, 0.3) is 0 Å². The van der Waals surface area contributed by atoms with Crippen LogP contribution in [0.2, 0.25) is 4.34 Å². The lowest BCUT2D eigenvalue weighted by Crippen LogP contribution is -2.18. The molecule has 0 radical (unpaired) electrons. The first kappa shape index (κ1) is 14.0. The zero-order valence-corrected chi connectivity index (χ0v) is 12.9. The molecule has 0 amide bonds. The molecule has 1 atom stereocenters. The van der Waals surface area contributed by atoms with Crippen molar-refractivity contribution in [2.75, 3.05) is 0 Å². The highest BCUT2D eigenvalue weighted by Crippen LogP contribution is 2.32. The van der Waals surface area contributed by atoms with E-state index in [1.165, 1.54) is 17.4 Å². The fourth-order valence-corrected chi connectivity index (χ4v) is 3.41. The van der Waals surface area contributed by atoms with Crippen LogP contribution in [0.5, 0.6) is 0 Å². The Bertz CT molecular complexity index is 524. The Kier molecular flexibility index (Phi) is 4.78. The molecule has 2 rings (SSSR count). The summed E-state index contributed by atoms with van der Waals surface area (Å²) in [6.45, 7) is 2.62. The summed E-state index contributed by atoms with van der Waals surface area (Å²) in [5.74, 6) is -0.178. The van der Waals surface area contributed by atoms with Crippen molar-refractivity contribution in [1.29, 1.82) is 0 Å². The van der Waals surface area contributed by atoms with Gasteiger partial charge in [0.2, 0.25) is 0 Å². The minimum absolute atomic E-state index is 0.0362. The number of benzene rings is 1. The Balaban J connectivity index is 2.00. The van der Waals surface area contributed by atoms with Crippen LogP contribution in [0, 0.1) is 5.82 Å². The zero-order valence-electron chi connectivity index (χ0n) is 9.71. The molecular formula is C13H12BrClFNS. The number of thiophene rings is 1. The van der Waals surface area contributed by atoms with E-state index in [4.69, 9.17) is 11.6 Å². The third kappa shape index (κ3) is 3.32. The van der Waals surface area contributed by atoms with Crippen LogP contribution >= 0.6 is 38.9 Å². The van der Waals surface area contributed by atoms with E-state index >= 15 is 0 Å². The standard InChI is InChI=1S/C13H12BrClFNS/c1-8(10-4-2-3-5-12(10)16)17-7-9-6-11(14)13(15)18-9/h2-6,8,17H,7H2,1H3/t8-/m1/s1. The summed E-state index contributed by atoms with van der Waals surface area (Å²) in [5.41, 5.74) is 0.680. The van der Waals surface area contributed by atoms with Gasteiger partial charge in [-0.25, -0.2) is 4.39 Å². The molecule has 0 fully saturated rings. The molecule has 0 unspecified atom stereocenters.